The average molecular weight is 382 g/mol. The Hall–Kier alpha value is -1.60. The van der Waals surface area contributed by atoms with E-state index >= 15 is 0 Å². The quantitative estimate of drug-likeness (QED) is 0.700. The molecule has 1 aliphatic heterocycles. The highest BCUT2D eigenvalue weighted by Crippen LogP contribution is 2.21. The number of benzene rings is 1. The highest BCUT2D eigenvalue weighted by Gasteiger charge is 2.21. The summed E-state index contributed by atoms with van der Waals surface area (Å²) in [5.41, 5.74) is 2.47. The predicted octanol–water partition coefficient (Wildman–Crippen LogP) is 2.06. The van der Waals surface area contributed by atoms with Gasteiger partial charge in [-0.05, 0) is 76.0 Å². The number of carbonyl (C=O) groups is 1. The van der Waals surface area contributed by atoms with Crippen LogP contribution in [0.25, 0.3) is 0 Å². The smallest absolute Gasteiger partial charge is 0.240 e. The lowest BCUT2D eigenvalue weighted by Gasteiger charge is -2.26. The van der Waals surface area contributed by atoms with Crippen molar-refractivity contribution in [2.45, 2.75) is 39.5 Å². The molecule has 1 aliphatic rings. The largest absolute Gasteiger partial charge is 0.354 e. The molecule has 146 valence electrons. The first-order valence-corrected chi connectivity index (χ1v) is 11.2. The highest BCUT2D eigenvalue weighted by molar-refractivity contribution is 7.92. The van der Waals surface area contributed by atoms with Crippen molar-refractivity contribution in [2.24, 2.45) is 0 Å². The number of hydrogen-bond acceptors (Lipinski definition) is 4. The van der Waals surface area contributed by atoms with Crippen molar-refractivity contribution in [3.63, 3.8) is 0 Å². The second-order valence-electron chi connectivity index (χ2n) is 7.22. The van der Waals surface area contributed by atoms with Crippen LogP contribution < -0.4 is 9.62 Å². The molecule has 1 aromatic rings. The van der Waals surface area contributed by atoms with Gasteiger partial charge in [-0.1, -0.05) is 12.5 Å². The average Bonchev–Trinajstić information content (AvgIpc) is 2.55. The number of aryl methyl sites for hydroxylation is 2. The van der Waals surface area contributed by atoms with E-state index in [1.54, 1.807) is 12.1 Å². The number of carbonyl (C=O) groups excluding carboxylic acids is 1. The molecule has 0 aromatic heterocycles. The Bertz CT molecular complexity index is 692. The molecule has 0 radical (unpaired) electrons. The van der Waals surface area contributed by atoms with E-state index in [1.807, 2.05) is 19.9 Å². The van der Waals surface area contributed by atoms with Gasteiger partial charge in [0.1, 0.15) is 6.54 Å². The minimum atomic E-state index is -3.53. The van der Waals surface area contributed by atoms with Crippen LogP contribution in [0.15, 0.2) is 18.2 Å². The molecule has 7 heteroatoms. The third-order valence-electron chi connectivity index (χ3n) is 4.60. The Labute approximate surface area is 157 Å². The maximum absolute atomic E-state index is 12.3. The van der Waals surface area contributed by atoms with Crippen LogP contribution in [0, 0.1) is 13.8 Å². The zero-order valence-electron chi connectivity index (χ0n) is 16.1. The number of rotatable bonds is 8. The molecule has 1 aromatic carbocycles. The molecule has 0 spiro atoms. The molecule has 6 nitrogen and oxygen atoms in total. The van der Waals surface area contributed by atoms with Crippen molar-refractivity contribution in [1.29, 1.82) is 0 Å². The fourth-order valence-electron chi connectivity index (χ4n) is 3.39. The van der Waals surface area contributed by atoms with Crippen molar-refractivity contribution in [3.05, 3.63) is 29.3 Å². The summed E-state index contributed by atoms with van der Waals surface area (Å²) < 4.78 is 25.5. The predicted molar refractivity (Wildman–Crippen MR) is 106 cm³/mol. The highest BCUT2D eigenvalue weighted by atomic mass is 32.2. The van der Waals surface area contributed by atoms with Crippen LogP contribution in [0.2, 0.25) is 0 Å². The number of likely N-dealkylation sites (tertiary alicyclic amines) is 1. The molecular weight excluding hydrogens is 350 g/mol. The van der Waals surface area contributed by atoms with E-state index in [9.17, 15) is 13.2 Å². The van der Waals surface area contributed by atoms with Gasteiger partial charge in [-0.15, -0.1) is 0 Å². The Balaban J connectivity index is 1.88. The topological polar surface area (TPSA) is 69.7 Å². The molecule has 1 fully saturated rings. The van der Waals surface area contributed by atoms with Gasteiger partial charge in [0.25, 0.3) is 0 Å². The third-order valence-corrected chi connectivity index (χ3v) is 5.74. The monoisotopic (exact) mass is 381 g/mol. The number of sulfonamides is 1. The summed E-state index contributed by atoms with van der Waals surface area (Å²) in [5, 5.41) is 2.85. The lowest BCUT2D eigenvalue weighted by atomic mass is 10.1. The minimum absolute atomic E-state index is 0.189. The summed E-state index contributed by atoms with van der Waals surface area (Å²) >= 11 is 0. The Morgan fingerprint density at radius 1 is 1.12 bits per heavy atom. The van der Waals surface area contributed by atoms with Crippen molar-refractivity contribution in [1.82, 2.24) is 10.2 Å². The van der Waals surface area contributed by atoms with Gasteiger partial charge in [-0.25, -0.2) is 8.42 Å². The van der Waals surface area contributed by atoms with Crippen molar-refractivity contribution in [2.75, 3.05) is 43.3 Å². The molecule has 1 saturated heterocycles. The summed E-state index contributed by atoms with van der Waals surface area (Å²) in [4.78, 5) is 14.7. The first-order valence-electron chi connectivity index (χ1n) is 9.31. The van der Waals surface area contributed by atoms with Gasteiger partial charge >= 0.3 is 0 Å². The molecule has 2 rings (SSSR count). The van der Waals surface area contributed by atoms with Crippen LogP contribution >= 0.6 is 0 Å². The zero-order chi connectivity index (χ0) is 19.2. The van der Waals surface area contributed by atoms with Gasteiger partial charge in [-0.2, -0.15) is 0 Å². The zero-order valence-corrected chi connectivity index (χ0v) is 16.9. The van der Waals surface area contributed by atoms with E-state index < -0.39 is 10.0 Å². The van der Waals surface area contributed by atoms with Crippen molar-refractivity contribution >= 4 is 21.6 Å². The maximum Gasteiger partial charge on any atom is 0.240 e. The van der Waals surface area contributed by atoms with Gasteiger partial charge in [0.05, 0.1) is 11.9 Å². The van der Waals surface area contributed by atoms with Crippen LogP contribution in [0.3, 0.4) is 0 Å². The fraction of sp³-hybridized carbons (Fsp3) is 0.632. The van der Waals surface area contributed by atoms with Gasteiger partial charge in [0, 0.05) is 6.54 Å². The van der Waals surface area contributed by atoms with Crippen LogP contribution in [-0.2, 0) is 14.8 Å². The molecule has 0 atom stereocenters. The van der Waals surface area contributed by atoms with Gasteiger partial charge in [0.15, 0.2) is 0 Å². The van der Waals surface area contributed by atoms with Crippen LogP contribution in [0.5, 0.6) is 0 Å². The number of anilines is 1. The third kappa shape index (κ3) is 6.61. The molecule has 0 saturated carbocycles. The molecule has 0 aliphatic carbocycles. The van der Waals surface area contributed by atoms with Crippen molar-refractivity contribution < 1.29 is 13.2 Å². The van der Waals surface area contributed by atoms with E-state index in [0.29, 0.717) is 12.2 Å². The molecule has 1 N–H and O–H groups in total. The van der Waals surface area contributed by atoms with Crippen molar-refractivity contribution in [3.8, 4) is 0 Å². The normalized spacial score (nSPS) is 15.7. The van der Waals surface area contributed by atoms with E-state index in [0.717, 1.165) is 43.4 Å². The first kappa shape index (κ1) is 20.7. The number of nitrogens with one attached hydrogen (secondary N) is 1. The number of piperidine rings is 1. The standard InChI is InChI=1S/C19H31N3O3S/c1-16-12-17(2)14-18(13-16)22(26(3,24)25)15-19(23)20-8-7-11-21-9-5-4-6-10-21/h12-14H,4-11,15H2,1-3H3,(H,20,23). The molecule has 0 bridgehead atoms. The summed E-state index contributed by atoms with van der Waals surface area (Å²) in [5.74, 6) is -0.270. The molecule has 0 unspecified atom stereocenters. The molecular formula is C19H31N3O3S. The fourth-order valence-corrected chi connectivity index (χ4v) is 4.23. The Kier molecular flexibility index (Phi) is 7.46. The second kappa shape index (κ2) is 9.37. The molecule has 26 heavy (non-hydrogen) atoms. The van der Waals surface area contributed by atoms with Crippen LogP contribution in [-0.4, -0.2) is 58.2 Å². The minimum Gasteiger partial charge on any atom is -0.354 e. The summed E-state index contributed by atoms with van der Waals surface area (Å²) in [6, 6.07) is 5.56. The SMILES string of the molecule is Cc1cc(C)cc(N(CC(=O)NCCCN2CCCCC2)S(C)(=O)=O)c1. The van der Waals surface area contributed by atoms with E-state index in [-0.39, 0.29) is 12.5 Å². The summed E-state index contributed by atoms with van der Waals surface area (Å²) in [6.07, 6.45) is 5.84. The number of amides is 1. The summed E-state index contributed by atoms with van der Waals surface area (Å²) in [7, 11) is -3.53. The molecule has 1 heterocycles. The van der Waals surface area contributed by atoms with Crippen LogP contribution in [0.1, 0.15) is 36.8 Å². The van der Waals surface area contributed by atoms with Gasteiger partial charge in [0.2, 0.25) is 15.9 Å². The number of nitrogens with zero attached hydrogens (tertiary/aromatic N) is 2. The van der Waals surface area contributed by atoms with Gasteiger partial charge < -0.3 is 10.2 Å². The second-order valence-corrected chi connectivity index (χ2v) is 9.13. The maximum atomic E-state index is 12.3. The van der Waals surface area contributed by atoms with E-state index in [4.69, 9.17) is 0 Å². The van der Waals surface area contributed by atoms with Crippen LogP contribution in [0.4, 0.5) is 5.69 Å². The van der Waals surface area contributed by atoms with E-state index in [1.165, 1.54) is 23.6 Å². The van der Waals surface area contributed by atoms with E-state index in [2.05, 4.69) is 10.2 Å². The lowest BCUT2D eigenvalue weighted by molar-refractivity contribution is -0.119. The Morgan fingerprint density at radius 3 is 2.31 bits per heavy atom. The molecule has 1 amide bonds. The van der Waals surface area contributed by atoms with Gasteiger partial charge in [-0.3, -0.25) is 9.10 Å². The Morgan fingerprint density at radius 2 is 1.73 bits per heavy atom. The number of hydrogen-bond donors (Lipinski definition) is 1. The summed E-state index contributed by atoms with van der Waals surface area (Å²) in [6.45, 7) is 7.47. The first-order chi connectivity index (χ1) is 12.3. The lowest BCUT2D eigenvalue weighted by Crippen LogP contribution is -2.41.